The van der Waals surface area contributed by atoms with Gasteiger partial charge in [0.25, 0.3) is 0 Å². The van der Waals surface area contributed by atoms with Gasteiger partial charge in [0.2, 0.25) is 5.95 Å². The van der Waals surface area contributed by atoms with Crippen LogP contribution in [0.15, 0.2) is 59.6 Å². The molecule has 0 atom stereocenters. The maximum atomic E-state index is 12.6. The largest absolute Gasteiger partial charge is 0.506 e. The van der Waals surface area contributed by atoms with Gasteiger partial charge in [-0.05, 0) is 38.1 Å². The molecule has 0 radical (unpaired) electrons. The van der Waals surface area contributed by atoms with Crippen LogP contribution in [0.5, 0.6) is 5.75 Å². The first-order chi connectivity index (χ1) is 13.3. The number of phenols is 1. The van der Waals surface area contributed by atoms with Crippen molar-refractivity contribution in [3.63, 3.8) is 0 Å². The van der Waals surface area contributed by atoms with Crippen LogP contribution in [0.3, 0.4) is 0 Å². The molecule has 0 spiro atoms. The highest BCUT2D eigenvalue weighted by molar-refractivity contribution is 7.92. The number of halogens is 1. The summed E-state index contributed by atoms with van der Waals surface area (Å²) in [6.45, 7) is 3.25. The van der Waals surface area contributed by atoms with Crippen LogP contribution in [-0.2, 0) is 9.84 Å². The summed E-state index contributed by atoms with van der Waals surface area (Å²) in [4.78, 5) is 8.56. The summed E-state index contributed by atoms with van der Waals surface area (Å²) >= 11 is 6.20. The van der Waals surface area contributed by atoms with Crippen molar-refractivity contribution in [3.8, 4) is 5.75 Å². The zero-order valence-corrected chi connectivity index (χ0v) is 16.8. The summed E-state index contributed by atoms with van der Waals surface area (Å²) in [7, 11) is -3.50. The van der Waals surface area contributed by atoms with E-state index in [9.17, 15) is 13.5 Å². The third-order valence-electron chi connectivity index (χ3n) is 3.96. The fraction of sp³-hybridized carbons (Fsp3) is 0.158. The number of hydrogen-bond acceptors (Lipinski definition) is 7. The average Bonchev–Trinajstić information content (AvgIpc) is 2.66. The molecule has 1 heterocycles. The predicted octanol–water partition coefficient (Wildman–Crippen LogP) is 4.50. The smallest absolute Gasteiger partial charge is 0.229 e. The van der Waals surface area contributed by atoms with Crippen molar-refractivity contribution in [3.05, 3.63) is 59.8 Å². The summed E-state index contributed by atoms with van der Waals surface area (Å²) in [5, 5.41) is 15.4. The molecule has 3 aromatic rings. The monoisotopic (exact) mass is 418 g/mol. The summed E-state index contributed by atoms with van der Waals surface area (Å²) in [6.07, 6.45) is 1.39. The normalized spacial score (nSPS) is 11.4. The van der Waals surface area contributed by atoms with Gasteiger partial charge in [-0.15, -0.1) is 0 Å². The molecule has 0 aliphatic rings. The predicted molar refractivity (Wildman–Crippen MR) is 110 cm³/mol. The number of nitrogens with one attached hydrogen (secondary N) is 2. The molecular formula is C19H19ClN4O3S. The average molecular weight is 419 g/mol. The molecule has 0 amide bonds. The van der Waals surface area contributed by atoms with Crippen molar-refractivity contribution in [2.24, 2.45) is 0 Å². The zero-order chi connectivity index (χ0) is 20.3. The van der Waals surface area contributed by atoms with E-state index in [1.165, 1.54) is 18.3 Å². The molecule has 0 fully saturated rings. The SMILES string of the molecule is CC(C)S(=O)(=O)c1ccccc1Nc1nc(Nc2ccccc2O)ncc1Cl. The number of aromatic hydroxyl groups is 1. The van der Waals surface area contributed by atoms with E-state index in [-0.39, 0.29) is 27.4 Å². The van der Waals surface area contributed by atoms with Gasteiger partial charge in [0.1, 0.15) is 10.8 Å². The Morgan fingerprint density at radius 3 is 2.32 bits per heavy atom. The highest BCUT2D eigenvalue weighted by Crippen LogP contribution is 2.31. The Morgan fingerprint density at radius 2 is 1.64 bits per heavy atom. The minimum Gasteiger partial charge on any atom is -0.506 e. The first kappa shape index (κ1) is 19.9. The van der Waals surface area contributed by atoms with Gasteiger partial charge < -0.3 is 15.7 Å². The molecule has 3 rings (SSSR count). The van der Waals surface area contributed by atoms with Crippen LogP contribution in [0, 0.1) is 0 Å². The lowest BCUT2D eigenvalue weighted by Crippen LogP contribution is -2.15. The Hall–Kier alpha value is -2.84. The van der Waals surface area contributed by atoms with Gasteiger partial charge in [-0.3, -0.25) is 0 Å². The Bertz CT molecular complexity index is 1100. The number of sulfone groups is 1. The summed E-state index contributed by atoms with van der Waals surface area (Å²) in [5.74, 6) is 0.475. The first-order valence-corrected chi connectivity index (χ1v) is 10.4. The molecule has 1 aromatic heterocycles. The third-order valence-corrected chi connectivity index (χ3v) is 6.45. The van der Waals surface area contributed by atoms with Crippen molar-refractivity contribution in [2.75, 3.05) is 10.6 Å². The van der Waals surface area contributed by atoms with E-state index >= 15 is 0 Å². The van der Waals surface area contributed by atoms with Crippen LogP contribution in [0.4, 0.5) is 23.1 Å². The second-order valence-electron chi connectivity index (χ2n) is 6.25. The molecular weight excluding hydrogens is 400 g/mol. The lowest BCUT2D eigenvalue weighted by Gasteiger charge is -2.15. The molecule has 0 saturated carbocycles. The summed E-state index contributed by atoms with van der Waals surface area (Å²) in [6, 6.07) is 13.2. The van der Waals surface area contributed by atoms with Gasteiger partial charge in [-0.1, -0.05) is 35.9 Å². The molecule has 0 aliphatic heterocycles. The molecule has 0 saturated heterocycles. The first-order valence-electron chi connectivity index (χ1n) is 8.46. The minimum atomic E-state index is -3.50. The lowest BCUT2D eigenvalue weighted by molar-refractivity contribution is 0.477. The van der Waals surface area contributed by atoms with Crippen LogP contribution < -0.4 is 10.6 Å². The molecule has 0 aliphatic carbocycles. The Morgan fingerprint density at radius 1 is 1.00 bits per heavy atom. The van der Waals surface area contributed by atoms with Crippen LogP contribution in [0.25, 0.3) is 0 Å². The molecule has 28 heavy (non-hydrogen) atoms. The van der Waals surface area contributed by atoms with Crippen molar-refractivity contribution < 1.29 is 13.5 Å². The van der Waals surface area contributed by atoms with Gasteiger partial charge in [-0.2, -0.15) is 4.98 Å². The van der Waals surface area contributed by atoms with E-state index in [0.29, 0.717) is 11.4 Å². The summed E-state index contributed by atoms with van der Waals surface area (Å²) < 4.78 is 25.3. The number of nitrogens with zero attached hydrogens (tertiary/aromatic N) is 2. The number of anilines is 4. The van der Waals surface area contributed by atoms with Crippen molar-refractivity contribution in [1.29, 1.82) is 0 Å². The van der Waals surface area contributed by atoms with Crippen molar-refractivity contribution in [2.45, 2.75) is 24.0 Å². The number of para-hydroxylation sites is 3. The molecule has 9 heteroatoms. The standard InChI is InChI=1S/C19H19ClN4O3S/c1-12(2)28(26,27)17-10-6-4-8-15(17)22-18-13(20)11-21-19(24-18)23-14-7-3-5-9-16(14)25/h3-12,25H,1-2H3,(H2,21,22,23,24). The third kappa shape index (κ3) is 4.18. The molecule has 0 bridgehead atoms. The van der Waals surface area contributed by atoms with Gasteiger partial charge in [0.05, 0.1) is 27.7 Å². The van der Waals surface area contributed by atoms with E-state index in [1.807, 2.05) is 0 Å². The van der Waals surface area contributed by atoms with Gasteiger partial charge in [0, 0.05) is 0 Å². The van der Waals surface area contributed by atoms with Crippen LogP contribution in [0.1, 0.15) is 13.8 Å². The molecule has 2 aromatic carbocycles. The summed E-state index contributed by atoms with van der Waals surface area (Å²) in [5.41, 5.74) is 0.795. The maximum absolute atomic E-state index is 12.6. The van der Waals surface area contributed by atoms with E-state index in [0.717, 1.165) is 0 Å². The second kappa shape index (κ2) is 8.04. The second-order valence-corrected chi connectivity index (χ2v) is 9.13. The van der Waals surface area contributed by atoms with Crippen LogP contribution >= 0.6 is 11.6 Å². The fourth-order valence-electron chi connectivity index (χ4n) is 2.41. The van der Waals surface area contributed by atoms with E-state index in [1.54, 1.807) is 50.2 Å². The minimum absolute atomic E-state index is 0.0453. The Labute approximate surface area is 168 Å². The number of aromatic nitrogens is 2. The van der Waals surface area contributed by atoms with Crippen LogP contribution in [-0.4, -0.2) is 28.7 Å². The number of phenolic OH excluding ortho intramolecular Hbond substituents is 1. The molecule has 3 N–H and O–H groups in total. The Balaban J connectivity index is 1.95. The van der Waals surface area contributed by atoms with Gasteiger partial charge >= 0.3 is 0 Å². The van der Waals surface area contributed by atoms with Crippen molar-refractivity contribution >= 4 is 44.6 Å². The van der Waals surface area contributed by atoms with E-state index in [2.05, 4.69) is 20.6 Å². The van der Waals surface area contributed by atoms with Crippen molar-refractivity contribution in [1.82, 2.24) is 9.97 Å². The number of hydrogen-bond donors (Lipinski definition) is 3. The van der Waals surface area contributed by atoms with Gasteiger partial charge in [-0.25, -0.2) is 13.4 Å². The van der Waals surface area contributed by atoms with Crippen LogP contribution in [0.2, 0.25) is 5.02 Å². The zero-order valence-electron chi connectivity index (χ0n) is 15.2. The van der Waals surface area contributed by atoms with E-state index < -0.39 is 15.1 Å². The molecule has 7 nitrogen and oxygen atoms in total. The molecule has 0 unspecified atom stereocenters. The highest BCUT2D eigenvalue weighted by Gasteiger charge is 2.23. The Kier molecular flexibility index (Phi) is 5.71. The maximum Gasteiger partial charge on any atom is 0.229 e. The number of rotatable bonds is 6. The van der Waals surface area contributed by atoms with Gasteiger partial charge in [0.15, 0.2) is 15.7 Å². The fourth-order valence-corrected chi connectivity index (χ4v) is 3.75. The lowest BCUT2D eigenvalue weighted by atomic mass is 10.3. The quantitative estimate of drug-likeness (QED) is 0.506. The topological polar surface area (TPSA) is 104 Å². The molecule has 146 valence electrons. The number of benzene rings is 2. The van der Waals surface area contributed by atoms with E-state index in [4.69, 9.17) is 11.6 Å². The highest BCUT2D eigenvalue weighted by atomic mass is 35.5.